The summed E-state index contributed by atoms with van der Waals surface area (Å²) in [5.41, 5.74) is 10.5. The monoisotopic (exact) mass is 1310 g/mol. The van der Waals surface area contributed by atoms with Crippen molar-refractivity contribution in [1.29, 1.82) is 0 Å². The topological polar surface area (TPSA) is 35.9 Å². The Morgan fingerprint density at radius 1 is 0.494 bits per heavy atom. The van der Waals surface area contributed by atoms with Crippen molar-refractivity contribution in [2.45, 2.75) is 125 Å². The molecule has 0 aliphatic heterocycles. The van der Waals surface area contributed by atoms with Crippen LogP contribution >= 0.6 is 0 Å². The fraction of sp³-hybridized carbons (Fsp3) is 0.241. The van der Waals surface area contributed by atoms with E-state index in [0.717, 1.165) is 61.0 Å². The molecule has 0 N–H and O–H groups in total. The van der Waals surface area contributed by atoms with E-state index in [9.17, 15) is 0 Å². The van der Waals surface area contributed by atoms with Gasteiger partial charge in [-0.1, -0.05) is 222 Å². The minimum absolute atomic E-state index is 0. The van der Waals surface area contributed by atoms with E-state index in [-0.39, 0.29) is 93.4 Å². The Morgan fingerprint density at radius 2 is 1.12 bits per heavy atom. The molecule has 5 nitrogen and oxygen atoms in total. The molecule has 0 bridgehead atoms. The maximum absolute atomic E-state index is 8.76. The maximum Gasteiger partial charge on any atom is 0.268 e. The smallest absolute Gasteiger partial charge is 0.268 e. The van der Waals surface area contributed by atoms with Crippen LogP contribution in [0, 0.1) is 39.0 Å². The molecule has 0 aliphatic rings. The van der Waals surface area contributed by atoms with Crippen LogP contribution in [0.3, 0.4) is 0 Å². The number of ether oxygens (including phenoxy) is 1. The number of para-hydroxylation sites is 1. The summed E-state index contributed by atoms with van der Waals surface area (Å²) in [6.45, 7) is 18.4. The van der Waals surface area contributed by atoms with Crippen LogP contribution in [-0.4, -0.2) is 14.1 Å². The van der Waals surface area contributed by atoms with Crippen LogP contribution in [-0.2, 0) is 42.7 Å². The first-order chi connectivity index (χ1) is 45.6. The fourth-order valence-electron chi connectivity index (χ4n) is 11.1. The Bertz CT molecular complexity index is 5110. The van der Waals surface area contributed by atoms with Crippen molar-refractivity contribution in [3.05, 3.63) is 245 Å². The number of aromatic nitrogens is 4. The Kier molecular flexibility index (Phi) is 11.3. The SMILES string of the molecule is [2H]c1c([2H])c([2H])c(-c2cnc(-n3c4[c-]c(Oc5[c-]c(-n6[c-][n+](-c7c(-c8cccc(C(C)(C)C)c8)cc(C(C)(C)C)cc7-c7cc(C(C)(C)C)cc(C(C)(C)C)c7)c7ccc(-c8c(C([2H])([2H])[2H])cccc8C([2H])([2H])[2H])cc76)ccc5)ccc4c4ccccc43)cc2C([2H])([2H])[2H])c([2H])c1[2H].[Pt]. The normalized spacial score (nSPS) is 15.2. The van der Waals surface area contributed by atoms with Gasteiger partial charge in [0.15, 0.2) is 0 Å². The number of benzene rings is 9. The van der Waals surface area contributed by atoms with E-state index in [0.29, 0.717) is 33.3 Å². The van der Waals surface area contributed by atoms with Gasteiger partial charge in [0.25, 0.3) is 6.33 Å². The van der Waals surface area contributed by atoms with Crippen LogP contribution in [0.25, 0.3) is 94.5 Å². The Labute approximate surface area is 538 Å². The molecule has 0 amide bonds. The van der Waals surface area contributed by atoms with E-state index in [1.807, 2.05) is 59.2 Å². The van der Waals surface area contributed by atoms with Crippen molar-refractivity contribution in [3.63, 3.8) is 0 Å². The Hall–Kier alpha value is -8.11. The number of imidazole rings is 1. The minimum atomic E-state index is -2.83. The van der Waals surface area contributed by atoms with Crippen molar-refractivity contribution in [1.82, 2.24) is 14.1 Å². The minimum Gasteiger partial charge on any atom is -0.510 e. The van der Waals surface area contributed by atoms with Crippen LogP contribution in [0.15, 0.2) is 188 Å². The summed E-state index contributed by atoms with van der Waals surface area (Å²) in [5, 5.41) is 1.52. The molecule has 0 radical (unpaired) electrons. The van der Waals surface area contributed by atoms with Gasteiger partial charge in [-0.15, -0.1) is 29.7 Å². The first-order valence-electron chi connectivity index (χ1n) is 35.4. The summed E-state index contributed by atoms with van der Waals surface area (Å²) in [6.07, 6.45) is 5.06. The predicted octanol–water partition coefficient (Wildman–Crippen LogP) is 20.4. The van der Waals surface area contributed by atoms with Gasteiger partial charge in [-0.05, 0) is 149 Å². The van der Waals surface area contributed by atoms with Crippen LogP contribution < -0.4 is 9.30 Å². The van der Waals surface area contributed by atoms with Gasteiger partial charge in [-0.2, -0.15) is 18.2 Å². The molecule has 6 heteroatoms. The van der Waals surface area contributed by atoms with Crippen molar-refractivity contribution < 1.29 is 49.6 Å². The summed E-state index contributed by atoms with van der Waals surface area (Å²) in [7, 11) is 0. The maximum atomic E-state index is 8.76. The van der Waals surface area contributed by atoms with Gasteiger partial charge in [0.2, 0.25) is 0 Å². The van der Waals surface area contributed by atoms with Crippen molar-refractivity contribution in [2.24, 2.45) is 0 Å². The molecule has 0 fully saturated rings. The van der Waals surface area contributed by atoms with E-state index in [1.165, 1.54) is 30.5 Å². The van der Waals surface area contributed by atoms with E-state index in [4.69, 9.17) is 28.9 Å². The van der Waals surface area contributed by atoms with Gasteiger partial charge in [-0.3, -0.25) is 4.57 Å². The summed E-state index contributed by atoms with van der Waals surface area (Å²) in [6, 6.07) is 52.0. The molecule has 0 atom stereocenters. The molecule has 0 saturated carbocycles. The number of hydrogen-bond acceptors (Lipinski definition) is 2. The average molecular weight is 1310 g/mol. The molecule has 0 spiro atoms. The second kappa shape index (κ2) is 22.1. The van der Waals surface area contributed by atoms with Crippen molar-refractivity contribution in [2.75, 3.05) is 0 Å². The van der Waals surface area contributed by atoms with E-state index >= 15 is 0 Å². The Balaban J connectivity index is 0.00000990. The molecule has 9 aromatic carbocycles. The third-order valence-electron chi connectivity index (χ3n) is 15.9. The largest absolute Gasteiger partial charge is 0.510 e. The van der Waals surface area contributed by atoms with Crippen LogP contribution in [0.2, 0.25) is 0 Å². The zero-order valence-electron chi connectivity index (χ0n) is 64.0. The van der Waals surface area contributed by atoms with Gasteiger partial charge in [0, 0.05) is 62.2 Å². The van der Waals surface area contributed by atoms with E-state index in [2.05, 4.69) is 161 Å². The van der Waals surface area contributed by atoms with Gasteiger partial charge >= 0.3 is 0 Å². The number of fused-ring (bicyclic) bond motifs is 4. The predicted molar refractivity (Wildman–Crippen MR) is 351 cm³/mol. The van der Waals surface area contributed by atoms with Gasteiger partial charge in [-0.25, -0.2) is 4.98 Å². The van der Waals surface area contributed by atoms with Crippen LogP contribution in [0.4, 0.5) is 0 Å². The van der Waals surface area contributed by atoms with E-state index < -0.39 is 50.8 Å². The Morgan fingerprint density at radius 3 is 1.80 bits per heavy atom. The number of aryl methyl sites for hydroxylation is 3. The molecule has 0 saturated heterocycles. The number of rotatable bonds is 9. The van der Waals surface area contributed by atoms with Gasteiger partial charge in [0.05, 0.1) is 23.6 Å². The third-order valence-corrected chi connectivity index (χ3v) is 15.9. The van der Waals surface area contributed by atoms with Crippen molar-refractivity contribution >= 4 is 32.8 Å². The van der Waals surface area contributed by atoms with Gasteiger partial charge in [0.1, 0.15) is 5.82 Å². The molecule has 0 aliphatic carbocycles. The second-order valence-electron chi connectivity index (χ2n) is 26.0. The standard InChI is InChI=1S/C79H76N4O.Pt/c1-50-24-21-25-51(2)74(50)55-34-37-70-72(42-55)81(61-30-23-31-62(46-61)84-63-35-36-65-64-32-19-20-33-69(64)83(71(65)47-63)73-38-52(3)68(48-80-73)53-26-17-16-18-27-53)49-82(70)75-66(54-28-22-29-57(39-54)76(4,5)6)44-60(79(13,14)15)45-67(75)56-40-58(77(7,8)9)43-59(41-56)78(10,11)12;/h16-45,48H,1-15H3;/q-2;/i1D3,2D3,3D3,16D,17D,18D,26D,27D;. The van der Waals surface area contributed by atoms with Crippen LogP contribution in [0.1, 0.15) is 141 Å². The van der Waals surface area contributed by atoms with Gasteiger partial charge < -0.3 is 13.9 Å². The molecule has 3 aromatic heterocycles. The summed E-state index contributed by atoms with van der Waals surface area (Å²) < 4.78 is 133. The zero-order valence-corrected chi connectivity index (χ0v) is 52.3. The zero-order chi connectivity index (χ0) is 71.1. The molecule has 85 heavy (non-hydrogen) atoms. The van der Waals surface area contributed by atoms with Crippen molar-refractivity contribution in [3.8, 4) is 73.2 Å². The summed E-state index contributed by atoms with van der Waals surface area (Å²) in [4.78, 5) is 4.75. The third kappa shape index (κ3) is 11.3. The first kappa shape index (κ1) is 43.5. The van der Waals surface area contributed by atoms with E-state index in [1.54, 1.807) is 22.8 Å². The number of hydrogen-bond donors (Lipinski definition) is 0. The number of pyridine rings is 1. The molecular formula is C79H76N4OPt-2. The van der Waals surface area contributed by atoms with Crippen LogP contribution in [0.5, 0.6) is 11.5 Å². The quantitative estimate of drug-likeness (QED) is 0.107. The average Bonchev–Trinajstić information content (AvgIpc) is 1.67. The molecule has 12 rings (SSSR count). The second-order valence-corrected chi connectivity index (χ2v) is 26.0. The summed E-state index contributed by atoms with van der Waals surface area (Å²) in [5.74, 6) is 0.663. The molecule has 3 heterocycles. The molecule has 0 unspecified atom stereocenters. The summed E-state index contributed by atoms with van der Waals surface area (Å²) >= 11 is 0. The number of nitrogens with zero attached hydrogens (tertiary/aromatic N) is 4. The fourth-order valence-corrected chi connectivity index (χ4v) is 11.1. The molecule has 430 valence electrons. The molecule has 12 aromatic rings. The first-order valence-corrected chi connectivity index (χ1v) is 28.4. The molecular weight excluding hydrogens is 1220 g/mol.